The number of esters is 2. The summed E-state index contributed by atoms with van der Waals surface area (Å²) in [7, 11) is 0. The van der Waals surface area contributed by atoms with E-state index >= 15 is 0 Å². The average molecular weight is 751 g/mol. The van der Waals surface area contributed by atoms with Gasteiger partial charge >= 0.3 is 11.9 Å². The molecule has 0 aliphatic carbocycles. The van der Waals surface area contributed by atoms with Crippen LogP contribution in [0.2, 0.25) is 0 Å². The Bertz CT molecular complexity index is 1850. The van der Waals surface area contributed by atoms with Crippen molar-refractivity contribution in [3.63, 3.8) is 0 Å². The second-order valence-corrected chi connectivity index (χ2v) is 13.5. The fourth-order valence-corrected chi connectivity index (χ4v) is 5.75. The number of carbonyl (C=O) groups is 2. The molecule has 0 saturated carbocycles. The van der Waals surface area contributed by atoms with Gasteiger partial charge in [-0.2, -0.15) is 10.5 Å². The predicted molar refractivity (Wildman–Crippen MR) is 209 cm³/mol. The maximum atomic E-state index is 13.6. The van der Waals surface area contributed by atoms with Gasteiger partial charge in [0.15, 0.2) is 0 Å². The Morgan fingerprint density at radius 1 is 0.545 bits per heavy atom. The fraction of sp³-hybridized carbons (Fsp3) is 0.422. The first kappa shape index (κ1) is 43.9. The van der Waals surface area contributed by atoms with E-state index in [1.807, 2.05) is 12.1 Å². The molecule has 0 bridgehead atoms. The van der Waals surface area contributed by atoms with E-state index < -0.39 is 23.6 Å². The third kappa shape index (κ3) is 16.6. The van der Waals surface area contributed by atoms with Crippen LogP contribution >= 0.6 is 0 Å². The number of aryl methyl sites for hydroxylation is 2. The number of nitriles is 2. The van der Waals surface area contributed by atoms with E-state index in [-0.39, 0.29) is 34.0 Å². The van der Waals surface area contributed by atoms with E-state index in [0.717, 1.165) is 48.9 Å². The molecule has 0 spiro atoms. The quantitative estimate of drug-likeness (QED) is 0.0468. The van der Waals surface area contributed by atoms with Crippen molar-refractivity contribution in [2.45, 2.75) is 123 Å². The van der Waals surface area contributed by atoms with Crippen LogP contribution in [0.25, 0.3) is 0 Å². The highest BCUT2D eigenvalue weighted by Gasteiger charge is 2.14. The molecule has 0 saturated heterocycles. The first-order valence-electron chi connectivity index (χ1n) is 19.5. The van der Waals surface area contributed by atoms with Crippen LogP contribution in [0.3, 0.4) is 0 Å². The van der Waals surface area contributed by atoms with Gasteiger partial charge in [-0.05, 0) is 73.2 Å². The molecule has 0 unspecified atom stereocenters. The molecule has 0 radical (unpaired) electrons. The number of ether oxygens (including phenoxy) is 2. The maximum Gasteiger partial charge on any atom is 0.362 e. The molecule has 0 aliphatic heterocycles. The van der Waals surface area contributed by atoms with Gasteiger partial charge in [-0.15, -0.1) is 0 Å². The van der Waals surface area contributed by atoms with Crippen LogP contribution in [-0.2, 0) is 12.8 Å². The van der Waals surface area contributed by atoms with Crippen molar-refractivity contribution < 1.29 is 27.8 Å². The molecular formula is C45H52F2N4O4. The number of hydrogen-bond donors (Lipinski definition) is 0. The minimum atomic E-state index is -0.721. The largest absolute Gasteiger partial charge is 0.422 e. The Kier molecular flexibility index (Phi) is 20.4. The molecular weight excluding hydrogens is 699 g/mol. The molecule has 55 heavy (non-hydrogen) atoms. The normalized spacial score (nSPS) is 10.4. The van der Waals surface area contributed by atoms with Gasteiger partial charge in [0, 0.05) is 24.5 Å². The average Bonchev–Trinajstić information content (AvgIpc) is 3.19. The van der Waals surface area contributed by atoms with Crippen LogP contribution in [0.1, 0.15) is 153 Å². The van der Waals surface area contributed by atoms with Crippen molar-refractivity contribution in [3.05, 3.63) is 118 Å². The van der Waals surface area contributed by atoms with Gasteiger partial charge in [0.1, 0.15) is 46.7 Å². The smallest absolute Gasteiger partial charge is 0.362 e. The highest BCUT2D eigenvalue weighted by Crippen LogP contribution is 2.19. The van der Waals surface area contributed by atoms with Crippen molar-refractivity contribution in [3.8, 4) is 23.6 Å². The Balaban J connectivity index is 0.000000296. The van der Waals surface area contributed by atoms with Gasteiger partial charge in [0.05, 0.1) is 11.1 Å². The number of rotatable bonds is 21. The molecule has 0 amide bonds. The zero-order valence-corrected chi connectivity index (χ0v) is 32.1. The van der Waals surface area contributed by atoms with Gasteiger partial charge in [0.25, 0.3) is 0 Å². The highest BCUT2D eigenvalue weighted by molar-refractivity contribution is 5.89. The zero-order chi connectivity index (χ0) is 39.7. The van der Waals surface area contributed by atoms with Crippen molar-refractivity contribution >= 4 is 11.9 Å². The standard InChI is InChI=1S/C23H27FN2O2.C22H25FN2O2/c1-2-3-4-5-6-7-8-9-10-18-11-14-22(26-17-18)23(27)28-20-13-12-19(16-25)21(24)15-20;1-2-3-4-5-6-7-8-9-17-10-13-21(25-16-17)22(26)27-19-12-11-18(15-24)20(23)14-19/h11-15,17H,2-10H2,1H3;10-14,16H,2-9H2,1H3. The summed E-state index contributed by atoms with van der Waals surface area (Å²) < 4.78 is 37.4. The van der Waals surface area contributed by atoms with Gasteiger partial charge in [0.2, 0.25) is 0 Å². The Labute approximate surface area is 324 Å². The molecule has 4 rings (SSSR count). The first-order valence-corrected chi connectivity index (χ1v) is 19.5. The van der Waals surface area contributed by atoms with Crippen molar-refractivity contribution in [1.29, 1.82) is 10.5 Å². The lowest BCUT2D eigenvalue weighted by atomic mass is 10.0. The van der Waals surface area contributed by atoms with Crippen LogP contribution in [0.4, 0.5) is 8.78 Å². The second-order valence-electron chi connectivity index (χ2n) is 13.5. The van der Waals surface area contributed by atoms with E-state index in [0.29, 0.717) is 0 Å². The first-order chi connectivity index (χ1) is 26.8. The van der Waals surface area contributed by atoms with Crippen molar-refractivity contribution in [2.75, 3.05) is 0 Å². The topological polar surface area (TPSA) is 126 Å². The summed E-state index contributed by atoms with van der Waals surface area (Å²) in [5.74, 6) is -2.65. The highest BCUT2D eigenvalue weighted by atomic mass is 19.1. The monoisotopic (exact) mass is 750 g/mol. The number of pyridine rings is 2. The number of aromatic nitrogens is 2. The van der Waals surface area contributed by atoms with E-state index in [1.165, 1.54) is 108 Å². The molecule has 0 aliphatic rings. The SMILES string of the molecule is CCCCCCCCCCc1ccc(C(=O)Oc2ccc(C#N)c(F)c2)nc1.CCCCCCCCCc1ccc(C(=O)Oc2ccc(C#N)c(F)c2)nc1. The van der Waals surface area contributed by atoms with Crippen LogP contribution in [0.15, 0.2) is 73.1 Å². The molecule has 2 heterocycles. The number of benzene rings is 2. The molecule has 2 aromatic heterocycles. The van der Waals surface area contributed by atoms with Crippen LogP contribution in [-0.4, -0.2) is 21.9 Å². The fourth-order valence-electron chi connectivity index (χ4n) is 5.75. The zero-order valence-electron chi connectivity index (χ0n) is 32.1. The third-order valence-electron chi connectivity index (χ3n) is 9.00. The number of carbonyl (C=O) groups excluding carboxylic acids is 2. The summed E-state index contributed by atoms with van der Waals surface area (Å²) in [6.07, 6.45) is 24.2. The van der Waals surface area contributed by atoms with Crippen LogP contribution < -0.4 is 9.47 Å². The lowest BCUT2D eigenvalue weighted by Crippen LogP contribution is -2.11. The molecule has 0 atom stereocenters. The molecule has 10 heteroatoms. The Morgan fingerprint density at radius 3 is 1.22 bits per heavy atom. The van der Waals surface area contributed by atoms with E-state index in [1.54, 1.807) is 36.7 Å². The number of hydrogen-bond acceptors (Lipinski definition) is 8. The lowest BCUT2D eigenvalue weighted by molar-refractivity contribution is 0.0718. The minimum Gasteiger partial charge on any atom is -0.422 e. The second kappa shape index (κ2) is 25.5. The number of unbranched alkanes of at least 4 members (excludes halogenated alkanes) is 13. The number of halogens is 2. The van der Waals surface area contributed by atoms with Crippen LogP contribution in [0, 0.1) is 34.3 Å². The van der Waals surface area contributed by atoms with Gasteiger partial charge in [-0.25, -0.2) is 28.3 Å². The third-order valence-corrected chi connectivity index (χ3v) is 9.00. The Morgan fingerprint density at radius 2 is 0.909 bits per heavy atom. The Hall–Kier alpha value is -5.48. The molecule has 2 aromatic carbocycles. The van der Waals surface area contributed by atoms with Crippen molar-refractivity contribution in [2.24, 2.45) is 0 Å². The molecule has 290 valence electrons. The van der Waals surface area contributed by atoms with Crippen molar-refractivity contribution in [1.82, 2.24) is 9.97 Å². The summed E-state index contributed by atoms with van der Waals surface area (Å²) in [5, 5.41) is 17.4. The molecule has 0 N–H and O–H groups in total. The maximum absolute atomic E-state index is 13.6. The molecule has 8 nitrogen and oxygen atoms in total. The predicted octanol–water partition coefficient (Wildman–Crippen LogP) is 11.6. The lowest BCUT2D eigenvalue weighted by Gasteiger charge is -2.06. The summed E-state index contributed by atoms with van der Waals surface area (Å²) in [5.41, 5.74) is 2.33. The van der Waals surface area contributed by atoms with Crippen LogP contribution in [0.5, 0.6) is 11.5 Å². The van der Waals surface area contributed by atoms with Gasteiger partial charge in [-0.1, -0.05) is 109 Å². The van der Waals surface area contributed by atoms with E-state index in [4.69, 9.17) is 20.0 Å². The summed E-state index contributed by atoms with van der Waals surface area (Å²) in [6.45, 7) is 4.45. The molecule has 0 fully saturated rings. The van der Waals surface area contributed by atoms with E-state index in [2.05, 4.69) is 23.8 Å². The van der Waals surface area contributed by atoms with E-state index in [9.17, 15) is 18.4 Å². The summed E-state index contributed by atoms with van der Waals surface area (Å²) >= 11 is 0. The summed E-state index contributed by atoms with van der Waals surface area (Å²) in [6, 6.07) is 17.8. The van der Waals surface area contributed by atoms with Gasteiger partial charge < -0.3 is 9.47 Å². The van der Waals surface area contributed by atoms with Gasteiger partial charge in [-0.3, -0.25) is 0 Å². The minimum absolute atomic E-state index is 0.0467. The number of nitrogens with zero attached hydrogens (tertiary/aromatic N) is 4. The molecule has 4 aromatic rings. The summed E-state index contributed by atoms with van der Waals surface area (Å²) in [4.78, 5) is 32.5.